The molecule has 4 heteroatoms. The van der Waals surface area contributed by atoms with Crippen LogP contribution in [0.15, 0.2) is 48.5 Å². The Kier molecular flexibility index (Phi) is 6.59. The molecular weight excluding hydrogens is 362 g/mol. The van der Waals surface area contributed by atoms with Gasteiger partial charge in [0.25, 0.3) is 0 Å². The second-order valence-corrected chi connectivity index (χ2v) is 7.92. The van der Waals surface area contributed by atoms with Crippen molar-refractivity contribution in [3.05, 3.63) is 54.1 Å². The van der Waals surface area contributed by atoms with Gasteiger partial charge >= 0.3 is 5.97 Å². The largest absolute Gasteiger partial charge is 0.494 e. The molecule has 0 radical (unpaired) electrons. The predicted molar refractivity (Wildman–Crippen MR) is 114 cm³/mol. The fraction of sp³-hybridized carbons (Fsp3) is 0.440. The van der Waals surface area contributed by atoms with E-state index in [1.54, 1.807) is 0 Å². The summed E-state index contributed by atoms with van der Waals surface area (Å²) in [4.78, 5) is 12.1. The first-order chi connectivity index (χ1) is 14.1. The summed E-state index contributed by atoms with van der Waals surface area (Å²) in [5, 5.41) is 19.8. The lowest BCUT2D eigenvalue weighted by Gasteiger charge is -2.41. The Bertz CT molecular complexity index is 866. The van der Waals surface area contributed by atoms with E-state index in [0.29, 0.717) is 13.0 Å². The quantitative estimate of drug-likeness (QED) is 0.625. The minimum absolute atomic E-state index is 0.209. The number of ether oxygens (including phenoxy) is 1. The minimum Gasteiger partial charge on any atom is -0.494 e. The molecule has 0 spiro atoms. The molecule has 1 N–H and O–H groups in total. The summed E-state index contributed by atoms with van der Waals surface area (Å²) in [6, 6.07) is 18.3. The molecule has 29 heavy (non-hydrogen) atoms. The fourth-order valence-corrected chi connectivity index (χ4v) is 4.62. The van der Waals surface area contributed by atoms with Gasteiger partial charge in [-0.3, -0.25) is 4.79 Å². The van der Waals surface area contributed by atoms with Crippen LogP contribution in [0.5, 0.6) is 5.75 Å². The SMILES string of the molecule is CCCOc1ccc(-c2ccc(C3C(CC)CCCC3(C#N)C(=O)O)cc2)cc1. The number of aliphatic carboxylic acids is 1. The van der Waals surface area contributed by atoms with Gasteiger partial charge in [0.05, 0.1) is 12.7 Å². The Morgan fingerprint density at radius 1 is 1.14 bits per heavy atom. The number of carbonyl (C=O) groups is 1. The summed E-state index contributed by atoms with van der Waals surface area (Å²) >= 11 is 0. The Morgan fingerprint density at radius 3 is 2.28 bits per heavy atom. The molecule has 3 atom stereocenters. The Balaban J connectivity index is 1.89. The van der Waals surface area contributed by atoms with Gasteiger partial charge in [-0.2, -0.15) is 5.26 Å². The molecule has 4 nitrogen and oxygen atoms in total. The zero-order chi connectivity index (χ0) is 20.9. The van der Waals surface area contributed by atoms with E-state index in [2.05, 4.69) is 19.9 Å². The maximum Gasteiger partial charge on any atom is 0.324 e. The van der Waals surface area contributed by atoms with E-state index in [1.165, 1.54) is 0 Å². The summed E-state index contributed by atoms with van der Waals surface area (Å²) in [7, 11) is 0. The van der Waals surface area contributed by atoms with Crippen LogP contribution in [0.3, 0.4) is 0 Å². The topological polar surface area (TPSA) is 70.3 Å². The Hall–Kier alpha value is -2.80. The van der Waals surface area contributed by atoms with Crippen LogP contribution in [-0.2, 0) is 4.79 Å². The van der Waals surface area contributed by atoms with E-state index in [-0.39, 0.29) is 11.8 Å². The fourth-order valence-electron chi connectivity index (χ4n) is 4.62. The molecule has 0 saturated heterocycles. The smallest absolute Gasteiger partial charge is 0.324 e. The third-order valence-corrected chi connectivity index (χ3v) is 6.18. The number of hydrogen-bond donors (Lipinski definition) is 1. The summed E-state index contributed by atoms with van der Waals surface area (Å²) in [5.41, 5.74) is 1.77. The third kappa shape index (κ3) is 4.15. The van der Waals surface area contributed by atoms with Crippen LogP contribution in [-0.4, -0.2) is 17.7 Å². The number of rotatable bonds is 7. The standard InChI is InChI=1S/C25H29NO3/c1-3-16-29-22-13-11-20(12-14-22)19-7-9-21(10-8-19)23-18(4-2)6-5-15-25(23,17-26)24(27)28/h7-14,18,23H,3-6,15-16H2,1-2H3,(H,27,28). The first kappa shape index (κ1) is 20.9. The van der Waals surface area contributed by atoms with Gasteiger partial charge in [0, 0.05) is 5.92 Å². The Labute approximate surface area is 173 Å². The van der Waals surface area contributed by atoms with E-state index in [9.17, 15) is 15.2 Å². The molecule has 3 rings (SSSR count). The van der Waals surface area contributed by atoms with Crippen molar-refractivity contribution in [2.24, 2.45) is 11.3 Å². The molecule has 0 aliphatic heterocycles. The summed E-state index contributed by atoms with van der Waals surface area (Å²) in [6.45, 7) is 4.87. The first-order valence-corrected chi connectivity index (χ1v) is 10.5. The van der Waals surface area contributed by atoms with Crippen molar-refractivity contribution >= 4 is 5.97 Å². The second kappa shape index (κ2) is 9.13. The molecule has 3 unspecified atom stereocenters. The molecule has 152 valence electrons. The van der Waals surface area contributed by atoms with Crippen molar-refractivity contribution in [3.63, 3.8) is 0 Å². The van der Waals surface area contributed by atoms with Gasteiger partial charge in [0.1, 0.15) is 5.75 Å². The van der Waals surface area contributed by atoms with E-state index in [1.807, 2.05) is 48.5 Å². The number of hydrogen-bond acceptors (Lipinski definition) is 3. The van der Waals surface area contributed by atoms with Crippen molar-refractivity contribution in [2.45, 2.75) is 51.9 Å². The lowest BCUT2D eigenvalue weighted by atomic mass is 9.59. The van der Waals surface area contributed by atoms with Crippen LogP contribution < -0.4 is 4.74 Å². The maximum atomic E-state index is 12.1. The van der Waals surface area contributed by atoms with Gasteiger partial charge in [-0.05, 0) is 54.0 Å². The van der Waals surface area contributed by atoms with Gasteiger partial charge in [0.2, 0.25) is 0 Å². The second-order valence-electron chi connectivity index (χ2n) is 7.92. The molecule has 1 saturated carbocycles. The van der Waals surface area contributed by atoms with Gasteiger partial charge in [-0.25, -0.2) is 0 Å². The molecule has 0 aromatic heterocycles. The molecule has 2 aromatic rings. The predicted octanol–water partition coefficient (Wildman–Crippen LogP) is 6.03. The van der Waals surface area contributed by atoms with E-state index in [4.69, 9.17) is 4.74 Å². The lowest BCUT2D eigenvalue weighted by Crippen LogP contribution is -2.42. The van der Waals surface area contributed by atoms with E-state index < -0.39 is 11.4 Å². The van der Waals surface area contributed by atoms with Crippen LogP contribution in [0, 0.1) is 22.7 Å². The van der Waals surface area contributed by atoms with Gasteiger partial charge < -0.3 is 9.84 Å². The Morgan fingerprint density at radius 2 is 1.76 bits per heavy atom. The summed E-state index contributed by atoms with van der Waals surface area (Å²) in [6.07, 6.45) is 4.03. The highest BCUT2D eigenvalue weighted by molar-refractivity contribution is 5.80. The number of nitriles is 1. The van der Waals surface area contributed by atoms with Crippen LogP contribution in [0.1, 0.15) is 57.4 Å². The van der Waals surface area contributed by atoms with E-state index in [0.717, 1.165) is 48.1 Å². The normalized spacial score (nSPS) is 23.9. The van der Waals surface area contributed by atoms with Crippen molar-refractivity contribution in [2.75, 3.05) is 6.61 Å². The molecule has 1 aliphatic carbocycles. The molecule has 1 aliphatic rings. The van der Waals surface area contributed by atoms with Crippen molar-refractivity contribution < 1.29 is 14.6 Å². The maximum absolute atomic E-state index is 12.1. The highest BCUT2D eigenvalue weighted by Gasteiger charge is 2.52. The first-order valence-electron chi connectivity index (χ1n) is 10.5. The number of benzene rings is 2. The van der Waals surface area contributed by atoms with Crippen molar-refractivity contribution in [1.29, 1.82) is 5.26 Å². The van der Waals surface area contributed by atoms with Crippen molar-refractivity contribution in [1.82, 2.24) is 0 Å². The zero-order valence-electron chi connectivity index (χ0n) is 17.2. The lowest BCUT2D eigenvalue weighted by molar-refractivity contribution is -0.149. The number of nitrogens with zero attached hydrogens (tertiary/aromatic N) is 1. The monoisotopic (exact) mass is 391 g/mol. The van der Waals surface area contributed by atoms with Gasteiger partial charge in [0.15, 0.2) is 5.41 Å². The molecule has 0 amide bonds. The van der Waals surface area contributed by atoms with Crippen LogP contribution in [0.2, 0.25) is 0 Å². The number of carboxylic acid groups (broad SMARTS) is 1. The minimum atomic E-state index is -1.33. The average molecular weight is 392 g/mol. The van der Waals surface area contributed by atoms with Crippen LogP contribution in [0.4, 0.5) is 0 Å². The van der Waals surface area contributed by atoms with Crippen LogP contribution in [0.25, 0.3) is 11.1 Å². The molecule has 0 heterocycles. The molecule has 1 fully saturated rings. The van der Waals surface area contributed by atoms with Crippen LogP contribution >= 0.6 is 0 Å². The number of carboxylic acids is 1. The average Bonchev–Trinajstić information content (AvgIpc) is 2.77. The van der Waals surface area contributed by atoms with Gasteiger partial charge in [-0.1, -0.05) is 63.1 Å². The molecular formula is C25H29NO3. The summed E-state index contributed by atoms with van der Waals surface area (Å²) in [5.74, 6) is -0.196. The molecule has 2 aromatic carbocycles. The summed E-state index contributed by atoms with van der Waals surface area (Å²) < 4.78 is 5.64. The molecule has 0 bridgehead atoms. The zero-order valence-corrected chi connectivity index (χ0v) is 17.2. The third-order valence-electron chi connectivity index (χ3n) is 6.18. The highest BCUT2D eigenvalue weighted by atomic mass is 16.5. The van der Waals surface area contributed by atoms with Gasteiger partial charge in [-0.15, -0.1) is 0 Å². The van der Waals surface area contributed by atoms with Crippen molar-refractivity contribution in [3.8, 4) is 22.9 Å². The van der Waals surface area contributed by atoms with E-state index >= 15 is 0 Å². The highest BCUT2D eigenvalue weighted by Crippen LogP contribution is 2.51.